The van der Waals surface area contributed by atoms with Crippen LogP contribution in [0.15, 0.2) is 29.2 Å². The summed E-state index contributed by atoms with van der Waals surface area (Å²) in [5, 5.41) is 8.76. The van der Waals surface area contributed by atoms with Gasteiger partial charge < -0.3 is 5.11 Å². The van der Waals surface area contributed by atoms with E-state index in [9.17, 15) is 18.0 Å². The lowest BCUT2D eigenvalue weighted by atomic mass is 9.62. The predicted molar refractivity (Wildman–Crippen MR) is 95.8 cm³/mol. The summed E-state index contributed by atoms with van der Waals surface area (Å²) in [4.78, 5) is 27.2. The summed E-state index contributed by atoms with van der Waals surface area (Å²) in [5.74, 6) is -0.668. The van der Waals surface area contributed by atoms with E-state index >= 15 is 0 Å². The number of anilines is 1. The third-order valence-corrected chi connectivity index (χ3v) is 7.71. The fourth-order valence-corrected chi connectivity index (χ4v) is 5.12. The van der Waals surface area contributed by atoms with E-state index in [-0.39, 0.29) is 35.8 Å². The summed E-state index contributed by atoms with van der Waals surface area (Å²) in [5.41, 5.74) is -0.622. The number of hydrogen-bond donors (Lipinski definition) is 2. The van der Waals surface area contributed by atoms with Crippen molar-refractivity contribution in [1.82, 2.24) is 4.72 Å². The lowest BCUT2D eigenvalue weighted by Crippen LogP contribution is -2.59. The second-order valence-electron chi connectivity index (χ2n) is 7.74. The molecule has 2 fully saturated rings. The number of rotatable bonds is 5. The van der Waals surface area contributed by atoms with Gasteiger partial charge in [0.05, 0.1) is 22.6 Å². The highest BCUT2D eigenvalue weighted by atomic mass is 32.2. The maximum atomic E-state index is 13.1. The van der Waals surface area contributed by atoms with Crippen LogP contribution in [-0.2, 0) is 19.6 Å². The number of aliphatic hydroxyl groups is 1. The highest BCUT2D eigenvalue weighted by Crippen LogP contribution is 2.60. The average molecular weight is 380 g/mol. The first-order chi connectivity index (χ1) is 12.1. The van der Waals surface area contributed by atoms with Gasteiger partial charge in [0.15, 0.2) is 0 Å². The van der Waals surface area contributed by atoms with Crippen molar-refractivity contribution in [3.63, 3.8) is 0 Å². The number of nitrogens with zero attached hydrogens (tertiary/aromatic N) is 1. The number of aliphatic hydroxyl groups excluding tert-OH is 1. The van der Waals surface area contributed by atoms with Crippen LogP contribution in [0.1, 0.15) is 33.6 Å². The van der Waals surface area contributed by atoms with E-state index in [2.05, 4.69) is 4.72 Å². The lowest BCUT2D eigenvalue weighted by molar-refractivity contribution is -0.146. The zero-order valence-electron chi connectivity index (χ0n) is 15.2. The molecule has 1 aliphatic heterocycles. The van der Waals surface area contributed by atoms with E-state index in [0.29, 0.717) is 18.5 Å². The maximum absolute atomic E-state index is 13.1. The Labute approximate surface area is 153 Å². The second-order valence-corrected chi connectivity index (χ2v) is 9.51. The van der Waals surface area contributed by atoms with Crippen LogP contribution < -0.4 is 9.62 Å². The molecule has 7 nitrogen and oxygen atoms in total. The topological polar surface area (TPSA) is 104 Å². The second kappa shape index (κ2) is 6.14. The fourth-order valence-electron chi connectivity index (χ4n) is 4.10. The number of nitrogens with one attached hydrogen (secondary N) is 1. The molecule has 1 aromatic rings. The first-order valence-corrected chi connectivity index (χ1v) is 10.1. The number of carbonyl (C=O) groups excluding carboxylic acids is 2. The molecule has 0 unspecified atom stereocenters. The molecule has 1 aromatic carbocycles. The molecule has 1 heterocycles. The average Bonchev–Trinajstić information content (AvgIpc) is 2.77. The van der Waals surface area contributed by atoms with E-state index < -0.39 is 20.9 Å². The van der Waals surface area contributed by atoms with Crippen molar-refractivity contribution in [2.75, 3.05) is 18.1 Å². The van der Waals surface area contributed by atoms with Crippen molar-refractivity contribution >= 4 is 27.5 Å². The molecule has 1 saturated carbocycles. The van der Waals surface area contributed by atoms with Gasteiger partial charge in [-0.25, -0.2) is 18.0 Å². The molecule has 0 radical (unpaired) electrons. The van der Waals surface area contributed by atoms with Crippen LogP contribution in [0.25, 0.3) is 0 Å². The summed E-state index contributed by atoms with van der Waals surface area (Å²) in [6.45, 7) is 5.47. The van der Waals surface area contributed by atoms with Crippen molar-refractivity contribution in [2.24, 2.45) is 16.7 Å². The summed E-state index contributed by atoms with van der Waals surface area (Å²) in [6.07, 6.45) is 1.35. The van der Waals surface area contributed by atoms with Crippen molar-refractivity contribution in [3.8, 4) is 0 Å². The van der Waals surface area contributed by atoms with Crippen LogP contribution in [0.3, 0.4) is 0 Å². The van der Waals surface area contributed by atoms with Gasteiger partial charge >= 0.3 is 0 Å². The van der Waals surface area contributed by atoms with Crippen LogP contribution in [0.2, 0.25) is 0 Å². The molecule has 3 rings (SSSR count). The first-order valence-electron chi connectivity index (χ1n) is 8.65. The Bertz CT molecular complexity index is 847. The number of imide groups is 1. The largest absolute Gasteiger partial charge is 0.395 e. The Balaban J connectivity index is 1.93. The zero-order valence-corrected chi connectivity index (χ0v) is 16.0. The van der Waals surface area contributed by atoms with Gasteiger partial charge in [0.25, 0.3) is 0 Å². The Kier molecular flexibility index (Phi) is 4.49. The molecule has 1 aliphatic carbocycles. The Hall–Kier alpha value is -1.77. The molecule has 2 bridgehead atoms. The Morgan fingerprint density at radius 3 is 2.38 bits per heavy atom. The summed E-state index contributed by atoms with van der Waals surface area (Å²) in [7, 11) is -3.74. The third-order valence-electron chi connectivity index (χ3n) is 6.23. The van der Waals surface area contributed by atoms with Gasteiger partial charge in [-0.2, -0.15) is 0 Å². The van der Waals surface area contributed by atoms with E-state index in [1.807, 2.05) is 20.8 Å². The van der Waals surface area contributed by atoms with Crippen LogP contribution in [0.5, 0.6) is 0 Å². The number of fused-ring (bicyclic) bond motifs is 2. The normalized spacial score (nSPS) is 27.8. The number of sulfonamides is 1. The van der Waals surface area contributed by atoms with Gasteiger partial charge in [0.2, 0.25) is 21.8 Å². The molecular formula is C18H24N2O5S. The van der Waals surface area contributed by atoms with Crippen molar-refractivity contribution < 1.29 is 23.1 Å². The molecular weight excluding hydrogens is 356 g/mol. The number of hydrogen-bond acceptors (Lipinski definition) is 5. The molecule has 26 heavy (non-hydrogen) atoms. The van der Waals surface area contributed by atoms with Crippen molar-refractivity contribution in [1.29, 1.82) is 0 Å². The van der Waals surface area contributed by atoms with Gasteiger partial charge in [0.1, 0.15) is 0 Å². The molecule has 1 saturated heterocycles. The SMILES string of the molecule is CC1(C)[C@H]2CC[C@]1(C)C(=O)N(c1ccc(S(=O)(=O)NCCO)cc1)C2=O. The van der Waals surface area contributed by atoms with E-state index in [4.69, 9.17) is 5.11 Å². The molecule has 2 aliphatic rings. The quantitative estimate of drug-likeness (QED) is 0.749. The highest BCUT2D eigenvalue weighted by Gasteiger charge is 2.64. The van der Waals surface area contributed by atoms with Crippen LogP contribution in [-0.4, -0.2) is 38.5 Å². The van der Waals surface area contributed by atoms with Crippen LogP contribution in [0, 0.1) is 16.7 Å². The number of carbonyl (C=O) groups is 2. The number of benzene rings is 1. The monoisotopic (exact) mass is 380 g/mol. The van der Waals surface area contributed by atoms with Gasteiger partial charge in [0, 0.05) is 12.5 Å². The smallest absolute Gasteiger partial charge is 0.240 e. The van der Waals surface area contributed by atoms with Gasteiger partial charge in [-0.05, 0) is 42.5 Å². The van der Waals surface area contributed by atoms with Crippen LogP contribution >= 0.6 is 0 Å². The molecule has 8 heteroatoms. The lowest BCUT2D eigenvalue weighted by Gasteiger charge is -2.47. The molecule has 0 aromatic heterocycles. The minimum atomic E-state index is -3.74. The van der Waals surface area contributed by atoms with Crippen molar-refractivity contribution in [2.45, 2.75) is 38.5 Å². The highest BCUT2D eigenvalue weighted by molar-refractivity contribution is 7.89. The molecule has 0 spiro atoms. The van der Waals surface area contributed by atoms with Gasteiger partial charge in [-0.3, -0.25) is 9.59 Å². The van der Waals surface area contributed by atoms with E-state index in [0.717, 1.165) is 0 Å². The standard InChI is InChI=1S/C18H24N2O5S/c1-17(2)14-8-9-18(17,3)16(23)20(15(14)22)12-4-6-13(7-5-12)26(24,25)19-10-11-21/h4-7,14,19,21H,8-11H2,1-3H3/t14-,18+/m0/s1. The minimum Gasteiger partial charge on any atom is -0.395 e. The molecule has 2 amide bonds. The number of piperidine rings is 1. The Morgan fingerprint density at radius 2 is 1.81 bits per heavy atom. The number of amides is 2. The van der Waals surface area contributed by atoms with Gasteiger partial charge in [-0.15, -0.1) is 0 Å². The van der Waals surface area contributed by atoms with Crippen molar-refractivity contribution in [3.05, 3.63) is 24.3 Å². The predicted octanol–water partition coefficient (Wildman–Crippen LogP) is 1.27. The molecule has 142 valence electrons. The molecule has 2 atom stereocenters. The first kappa shape index (κ1) is 19.0. The maximum Gasteiger partial charge on any atom is 0.240 e. The zero-order chi connectivity index (χ0) is 19.3. The van der Waals surface area contributed by atoms with E-state index in [1.165, 1.54) is 29.2 Å². The summed E-state index contributed by atoms with van der Waals surface area (Å²) < 4.78 is 26.4. The minimum absolute atomic E-state index is 0.0149. The summed E-state index contributed by atoms with van der Waals surface area (Å²) in [6, 6.07) is 5.67. The molecule has 2 N–H and O–H groups in total. The fraction of sp³-hybridized carbons (Fsp3) is 0.556. The van der Waals surface area contributed by atoms with E-state index in [1.54, 1.807) is 0 Å². The summed E-state index contributed by atoms with van der Waals surface area (Å²) >= 11 is 0. The third kappa shape index (κ3) is 2.59. The van der Waals surface area contributed by atoms with Crippen LogP contribution in [0.4, 0.5) is 5.69 Å². The van der Waals surface area contributed by atoms with Gasteiger partial charge in [-0.1, -0.05) is 20.8 Å². The Morgan fingerprint density at radius 1 is 1.19 bits per heavy atom.